The van der Waals surface area contributed by atoms with Gasteiger partial charge < -0.3 is 15.0 Å². The van der Waals surface area contributed by atoms with Crippen LogP contribution in [-0.4, -0.2) is 41.7 Å². The fraction of sp³-hybridized carbons (Fsp3) is 0.395. The number of carbonyl (C=O) groups is 1. The van der Waals surface area contributed by atoms with Gasteiger partial charge in [-0.15, -0.1) is 0 Å². The van der Waals surface area contributed by atoms with Crippen molar-refractivity contribution in [3.8, 4) is 11.5 Å². The number of allylic oxidation sites excluding steroid dienone is 4. The van der Waals surface area contributed by atoms with E-state index in [4.69, 9.17) is 15.6 Å². The third kappa shape index (κ3) is 7.45. The quantitative estimate of drug-likeness (QED) is 0.194. The highest BCUT2D eigenvalue weighted by atomic mass is 19.4. The van der Waals surface area contributed by atoms with Crippen LogP contribution in [0.2, 0.25) is 0 Å². The van der Waals surface area contributed by atoms with Gasteiger partial charge in [0.05, 0.1) is 6.42 Å². The SMILES string of the molecule is CCCCN(CCCC)C(=O)c1ccc(Oc2cc(C(C)(C)C)cc3cc4c(c(C5=CC(CC(F)(F)F)=CC5)c23)C(=N)NC4=N)cc1. The van der Waals surface area contributed by atoms with E-state index in [1.165, 1.54) is 0 Å². The lowest BCUT2D eigenvalue weighted by Crippen LogP contribution is -2.32. The first-order valence-corrected chi connectivity index (χ1v) is 16.3. The van der Waals surface area contributed by atoms with E-state index in [0.717, 1.165) is 36.6 Å². The van der Waals surface area contributed by atoms with E-state index < -0.39 is 12.6 Å². The van der Waals surface area contributed by atoms with Crippen LogP contribution in [0.4, 0.5) is 13.2 Å². The highest BCUT2D eigenvalue weighted by Crippen LogP contribution is 2.45. The number of amides is 1. The van der Waals surface area contributed by atoms with Gasteiger partial charge in [-0.25, -0.2) is 0 Å². The number of halogens is 3. The number of hydrogen-bond donors (Lipinski definition) is 3. The lowest BCUT2D eigenvalue weighted by Gasteiger charge is -2.24. The normalized spacial score (nSPS) is 14.6. The zero-order valence-electron chi connectivity index (χ0n) is 27.8. The second kappa shape index (κ2) is 13.4. The Labute approximate surface area is 274 Å². The molecule has 1 amide bonds. The molecule has 1 aliphatic carbocycles. The Morgan fingerprint density at radius 3 is 2.19 bits per heavy atom. The van der Waals surface area contributed by atoms with Crippen LogP contribution in [0.5, 0.6) is 11.5 Å². The molecule has 6 nitrogen and oxygen atoms in total. The van der Waals surface area contributed by atoms with E-state index in [2.05, 4.69) is 39.9 Å². The summed E-state index contributed by atoms with van der Waals surface area (Å²) in [5, 5.41) is 21.5. The molecule has 0 saturated heterocycles. The Kier molecular flexibility index (Phi) is 9.66. The van der Waals surface area contributed by atoms with Gasteiger partial charge in [-0.05, 0) is 83.2 Å². The van der Waals surface area contributed by atoms with Crippen molar-refractivity contribution in [2.24, 2.45) is 0 Å². The van der Waals surface area contributed by atoms with Crippen LogP contribution in [0.25, 0.3) is 16.3 Å². The molecule has 248 valence electrons. The molecule has 3 N–H and O–H groups in total. The monoisotopic (exact) mass is 644 g/mol. The summed E-state index contributed by atoms with van der Waals surface area (Å²) in [6.45, 7) is 11.9. The van der Waals surface area contributed by atoms with Crippen molar-refractivity contribution in [1.82, 2.24) is 10.2 Å². The predicted octanol–water partition coefficient (Wildman–Crippen LogP) is 9.89. The van der Waals surface area contributed by atoms with Crippen LogP contribution in [0.15, 0.2) is 60.2 Å². The molecule has 0 aromatic heterocycles. The van der Waals surface area contributed by atoms with Gasteiger partial charge in [0.2, 0.25) is 0 Å². The molecule has 9 heteroatoms. The molecule has 1 aliphatic heterocycles. The summed E-state index contributed by atoms with van der Waals surface area (Å²) in [6.07, 6.45) is 1.91. The topological polar surface area (TPSA) is 89.3 Å². The minimum atomic E-state index is -4.35. The number of carbonyl (C=O) groups excluding carboxylic acids is 1. The number of hydrogen-bond acceptors (Lipinski definition) is 4. The lowest BCUT2D eigenvalue weighted by molar-refractivity contribution is -0.126. The van der Waals surface area contributed by atoms with Crippen LogP contribution >= 0.6 is 0 Å². The van der Waals surface area contributed by atoms with Crippen molar-refractivity contribution >= 4 is 33.9 Å². The third-order valence-corrected chi connectivity index (χ3v) is 8.69. The molecule has 3 aromatic rings. The van der Waals surface area contributed by atoms with Crippen molar-refractivity contribution in [3.05, 3.63) is 88.0 Å². The number of nitrogens with zero attached hydrogens (tertiary/aromatic N) is 1. The van der Waals surface area contributed by atoms with Crippen molar-refractivity contribution < 1.29 is 22.7 Å². The molecule has 0 radical (unpaired) electrons. The average molecular weight is 645 g/mol. The largest absolute Gasteiger partial charge is 0.457 e. The van der Waals surface area contributed by atoms with Crippen LogP contribution in [0.1, 0.15) is 106 Å². The number of nitrogens with one attached hydrogen (secondary N) is 3. The smallest absolute Gasteiger partial charge is 0.393 e. The molecule has 0 saturated carbocycles. The molecule has 5 rings (SSSR count). The number of benzene rings is 3. The van der Waals surface area contributed by atoms with Crippen molar-refractivity contribution in [1.29, 1.82) is 10.8 Å². The van der Waals surface area contributed by atoms with E-state index in [1.54, 1.807) is 36.4 Å². The zero-order valence-corrected chi connectivity index (χ0v) is 27.8. The number of ether oxygens (including phenoxy) is 1. The molecule has 2 aliphatic rings. The molecule has 0 fully saturated rings. The van der Waals surface area contributed by atoms with Crippen LogP contribution in [-0.2, 0) is 5.41 Å². The summed E-state index contributed by atoms with van der Waals surface area (Å²) in [5.74, 6) is 1.09. The fourth-order valence-electron chi connectivity index (χ4n) is 6.15. The van der Waals surface area contributed by atoms with Gasteiger partial charge in [0, 0.05) is 40.7 Å². The van der Waals surface area contributed by atoms with Gasteiger partial charge in [0.15, 0.2) is 0 Å². The second-order valence-corrected chi connectivity index (χ2v) is 13.4. The van der Waals surface area contributed by atoms with Crippen molar-refractivity contribution in [2.75, 3.05) is 13.1 Å². The molecule has 3 aromatic carbocycles. The second-order valence-electron chi connectivity index (χ2n) is 13.4. The Bertz CT molecular complexity index is 1770. The summed E-state index contributed by atoms with van der Waals surface area (Å²) < 4.78 is 46.6. The number of unbranched alkanes of at least 4 members (excludes halogenated alkanes) is 2. The molecule has 47 heavy (non-hydrogen) atoms. The summed E-state index contributed by atoms with van der Waals surface area (Å²) in [4.78, 5) is 15.3. The molecule has 0 unspecified atom stereocenters. The first-order valence-electron chi connectivity index (χ1n) is 16.3. The first-order chi connectivity index (χ1) is 22.2. The highest BCUT2D eigenvalue weighted by molar-refractivity contribution is 6.28. The van der Waals surface area contributed by atoms with Crippen LogP contribution in [0, 0.1) is 10.8 Å². The van der Waals surface area contributed by atoms with Crippen molar-refractivity contribution in [2.45, 2.75) is 84.7 Å². The Morgan fingerprint density at radius 1 is 0.936 bits per heavy atom. The summed E-state index contributed by atoms with van der Waals surface area (Å²) in [6, 6.07) is 12.9. The lowest BCUT2D eigenvalue weighted by atomic mass is 9.82. The molecular weight excluding hydrogens is 601 g/mol. The van der Waals surface area contributed by atoms with E-state index in [1.807, 2.05) is 23.1 Å². The Hall–Kier alpha value is -4.40. The maximum absolute atomic E-state index is 13.4. The van der Waals surface area contributed by atoms with E-state index in [-0.39, 0.29) is 35.0 Å². The minimum Gasteiger partial charge on any atom is -0.457 e. The van der Waals surface area contributed by atoms with Crippen molar-refractivity contribution in [3.63, 3.8) is 0 Å². The Morgan fingerprint density at radius 2 is 1.60 bits per heavy atom. The van der Waals surface area contributed by atoms with Gasteiger partial charge in [-0.3, -0.25) is 15.6 Å². The molecule has 0 atom stereocenters. The molecular formula is C38H43F3N4O2. The van der Waals surface area contributed by atoms with E-state index in [0.29, 0.717) is 57.8 Å². The zero-order chi connectivity index (χ0) is 34.1. The summed E-state index contributed by atoms with van der Waals surface area (Å²) in [7, 11) is 0. The van der Waals surface area contributed by atoms with E-state index >= 15 is 0 Å². The minimum absolute atomic E-state index is 0.0136. The summed E-state index contributed by atoms with van der Waals surface area (Å²) >= 11 is 0. The van der Waals surface area contributed by atoms with Gasteiger partial charge in [-0.2, -0.15) is 13.2 Å². The first kappa shape index (κ1) is 33.9. The standard InChI is InChI=1S/C38H43F3N4O2/c1-6-8-16-45(17-9-7-2)36(46)24-12-14-28(15-13-24)47-30-21-27(37(3,4)5)19-26-20-29-33(35(43)44-34(29)42)32(31(26)30)25-11-10-23(18-25)22-38(39,40)41/h10,12-15,18-21H,6-9,11,16-17,22H2,1-5H3,(H3,42,43,44). The summed E-state index contributed by atoms with van der Waals surface area (Å²) in [5.41, 5.74) is 3.69. The number of amidine groups is 2. The van der Waals surface area contributed by atoms with Gasteiger partial charge in [-0.1, -0.05) is 65.7 Å². The predicted molar refractivity (Wildman–Crippen MR) is 183 cm³/mol. The highest BCUT2D eigenvalue weighted by Gasteiger charge is 2.33. The molecule has 0 bridgehead atoms. The number of alkyl halides is 3. The van der Waals surface area contributed by atoms with Crippen LogP contribution < -0.4 is 10.1 Å². The number of rotatable bonds is 11. The molecule has 1 heterocycles. The van der Waals surface area contributed by atoms with E-state index in [9.17, 15) is 18.0 Å². The van der Waals surface area contributed by atoms with Gasteiger partial charge >= 0.3 is 6.18 Å². The van der Waals surface area contributed by atoms with Gasteiger partial charge in [0.25, 0.3) is 5.91 Å². The third-order valence-electron chi connectivity index (χ3n) is 8.69. The van der Waals surface area contributed by atoms with Crippen LogP contribution in [0.3, 0.4) is 0 Å². The fourth-order valence-corrected chi connectivity index (χ4v) is 6.15. The maximum atomic E-state index is 13.4. The Balaban J connectivity index is 1.62. The number of fused-ring (bicyclic) bond motifs is 2. The molecule has 0 spiro atoms. The average Bonchev–Trinajstić information content (AvgIpc) is 3.57. The maximum Gasteiger partial charge on any atom is 0.393 e. The van der Waals surface area contributed by atoms with Gasteiger partial charge in [0.1, 0.15) is 23.2 Å².